The standard InChI is InChI=1S/C18H27N3O4S/c22-16(7-3-1-2-4-8-17(23)20-25)19-15-12-10-14(11-13-15)6-5-9-18(24)21-26/h10-13,25-26H,1-9H2,(H,19,22)(H,20,23)(H,21,24). The Balaban J connectivity index is 2.18. The molecule has 3 amide bonds. The summed E-state index contributed by atoms with van der Waals surface area (Å²) in [7, 11) is 0. The molecule has 0 bridgehead atoms. The number of amides is 3. The monoisotopic (exact) mass is 381 g/mol. The second-order valence-electron chi connectivity index (χ2n) is 6.08. The van der Waals surface area contributed by atoms with Crippen molar-refractivity contribution in [3.63, 3.8) is 0 Å². The molecule has 1 rings (SSSR count). The number of nitrogens with one attached hydrogen (secondary N) is 3. The van der Waals surface area contributed by atoms with E-state index in [1.807, 2.05) is 24.3 Å². The molecule has 0 saturated heterocycles. The van der Waals surface area contributed by atoms with E-state index in [1.54, 1.807) is 5.48 Å². The summed E-state index contributed by atoms with van der Waals surface area (Å²) in [4.78, 5) is 33.8. The third-order valence-corrected chi connectivity index (χ3v) is 4.16. The molecular formula is C18H27N3O4S. The van der Waals surface area contributed by atoms with Gasteiger partial charge in [-0.15, -0.1) is 0 Å². The molecule has 0 aliphatic carbocycles. The SMILES string of the molecule is O=C(CCCCCCC(=O)Nc1ccc(CCCC(=O)NS)cc1)NO. The summed E-state index contributed by atoms with van der Waals surface area (Å²) in [5.41, 5.74) is 3.47. The number of carbonyl (C=O) groups is 3. The van der Waals surface area contributed by atoms with Crippen molar-refractivity contribution in [1.29, 1.82) is 0 Å². The molecule has 26 heavy (non-hydrogen) atoms. The van der Waals surface area contributed by atoms with Crippen molar-refractivity contribution in [3.8, 4) is 0 Å². The number of anilines is 1. The number of benzene rings is 1. The predicted molar refractivity (Wildman–Crippen MR) is 103 cm³/mol. The van der Waals surface area contributed by atoms with Gasteiger partial charge >= 0.3 is 0 Å². The Hall–Kier alpha value is -2.06. The molecule has 0 aliphatic rings. The van der Waals surface area contributed by atoms with Gasteiger partial charge < -0.3 is 10.0 Å². The van der Waals surface area contributed by atoms with Crippen molar-refractivity contribution < 1.29 is 19.6 Å². The maximum Gasteiger partial charge on any atom is 0.243 e. The van der Waals surface area contributed by atoms with Crippen LogP contribution in [0.2, 0.25) is 0 Å². The van der Waals surface area contributed by atoms with Gasteiger partial charge in [0.1, 0.15) is 0 Å². The first-order valence-corrected chi connectivity index (χ1v) is 9.24. The van der Waals surface area contributed by atoms with Crippen molar-refractivity contribution in [2.45, 2.75) is 57.8 Å². The molecule has 4 N–H and O–H groups in total. The van der Waals surface area contributed by atoms with Crippen LogP contribution in [0.4, 0.5) is 5.69 Å². The third-order valence-electron chi connectivity index (χ3n) is 3.91. The number of hydrogen-bond donors (Lipinski definition) is 5. The van der Waals surface area contributed by atoms with Crippen LogP contribution in [0.3, 0.4) is 0 Å². The molecule has 0 spiro atoms. The lowest BCUT2D eigenvalue weighted by atomic mass is 10.1. The first kappa shape index (κ1) is 22.0. The molecule has 144 valence electrons. The van der Waals surface area contributed by atoms with Crippen LogP contribution in [0, 0.1) is 0 Å². The number of hydrogen-bond acceptors (Lipinski definition) is 5. The molecule has 7 nitrogen and oxygen atoms in total. The van der Waals surface area contributed by atoms with Gasteiger partial charge in [0.15, 0.2) is 0 Å². The molecule has 1 aromatic carbocycles. The Morgan fingerprint density at radius 1 is 0.808 bits per heavy atom. The molecule has 1 aromatic rings. The van der Waals surface area contributed by atoms with E-state index < -0.39 is 0 Å². The highest BCUT2D eigenvalue weighted by Gasteiger charge is 2.04. The van der Waals surface area contributed by atoms with Gasteiger partial charge in [-0.3, -0.25) is 19.6 Å². The van der Waals surface area contributed by atoms with E-state index in [0.29, 0.717) is 25.7 Å². The first-order chi connectivity index (χ1) is 12.5. The largest absolute Gasteiger partial charge is 0.326 e. The lowest BCUT2D eigenvalue weighted by molar-refractivity contribution is -0.129. The number of hydroxylamine groups is 1. The Morgan fingerprint density at radius 2 is 1.38 bits per heavy atom. The van der Waals surface area contributed by atoms with Crippen LogP contribution in [0.25, 0.3) is 0 Å². The average molecular weight is 381 g/mol. The summed E-state index contributed by atoms with van der Waals surface area (Å²) < 4.78 is 2.30. The van der Waals surface area contributed by atoms with Crippen LogP contribution >= 0.6 is 12.8 Å². The Bertz CT molecular complexity index is 578. The fourth-order valence-corrected chi connectivity index (χ4v) is 2.58. The summed E-state index contributed by atoms with van der Waals surface area (Å²) in [5, 5.41) is 11.2. The van der Waals surface area contributed by atoms with Crippen molar-refractivity contribution in [2.24, 2.45) is 0 Å². The Morgan fingerprint density at radius 3 is 1.96 bits per heavy atom. The molecular weight excluding hydrogens is 354 g/mol. The number of thiol groups is 1. The quantitative estimate of drug-likeness (QED) is 0.166. The van der Waals surface area contributed by atoms with Gasteiger partial charge in [0.05, 0.1) is 0 Å². The van der Waals surface area contributed by atoms with Crippen LogP contribution in [0.1, 0.15) is 56.9 Å². The van der Waals surface area contributed by atoms with Crippen molar-refractivity contribution in [2.75, 3.05) is 5.32 Å². The molecule has 0 heterocycles. The molecule has 0 fully saturated rings. The molecule has 0 saturated carbocycles. The maximum absolute atomic E-state index is 11.9. The van der Waals surface area contributed by atoms with E-state index in [4.69, 9.17) is 5.21 Å². The van der Waals surface area contributed by atoms with Crippen LogP contribution in [0.15, 0.2) is 24.3 Å². The molecule has 8 heteroatoms. The molecule has 0 radical (unpaired) electrons. The predicted octanol–water partition coefficient (Wildman–Crippen LogP) is 2.75. The van der Waals surface area contributed by atoms with Gasteiger partial charge in [0.25, 0.3) is 0 Å². The fourth-order valence-electron chi connectivity index (χ4n) is 2.47. The van der Waals surface area contributed by atoms with Gasteiger partial charge in [0.2, 0.25) is 17.7 Å². The van der Waals surface area contributed by atoms with Gasteiger partial charge in [-0.25, -0.2) is 5.48 Å². The van der Waals surface area contributed by atoms with Crippen molar-refractivity contribution >= 4 is 36.2 Å². The highest BCUT2D eigenvalue weighted by Crippen LogP contribution is 2.13. The van der Waals surface area contributed by atoms with E-state index in [2.05, 4.69) is 22.9 Å². The maximum atomic E-state index is 11.9. The smallest absolute Gasteiger partial charge is 0.243 e. The van der Waals surface area contributed by atoms with E-state index in [-0.39, 0.29) is 17.7 Å². The topological polar surface area (TPSA) is 108 Å². The van der Waals surface area contributed by atoms with E-state index >= 15 is 0 Å². The minimum Gasteiger partial charge on any atom is -0.326 e. The van der Waals surface area contributed by atoms with Crippen LogP contribution in [-0.2, 0) is 20.8 Å². The molecule has 0 aliphatic heterocycles. The normalized spacial score (nSPS) is 10.2. The molecule has 0 atom stereocenters. The number of aryl methyl sites for hydroxylation is 1. The zero-order valence-corrected chi connectivity index (χ0v) is 15.7. The average Bonchev–Trinajstić information content (AvgIpc) is 2.65. The van der Waals surface area contributed by atoms with E-state index in [0.717, 1.165) is 43.4 Å². The van der Waals surface area contributed by atoms with Crippen LogP contribution < -0.4 is 15.5 Å². The summed E-state index contributed by atoms with van der Waals surface area (Å²) in [6, 6.07) is 7.61. The van der Waals surface area contributed by atoms with E-state index in [1.165, 1.54) is 0 Å². The van der Waals surface area contributed by atoms with Crippen LogP contribution in [0.5, 0.6) is 0 Å². The van der Waals surface area contributed by atoms with Gasteiger partial charge in [-0.1, -0.05) is 37.8 Å². The zero-order chi connectivity index (χ0) is 19.2. The number of rotatable bonds is 12. The van der Waals surface area contributed by atoms with Gasteiger partial charge in [0, 0.05) is 24.9 Å². The van der Waals surface area contributed by atoms with Gasteiger partial charge in [-0.2, -0.15) is 0 Å². The minimum atomic E-state index is -0.379. The zero-order valence-electron chi connectivity index (χ0n) is 14.8. The molecule has 0 aromatic heterocycles. The minimum absolute atomic E-state index is 0.0312. The second kappa shape index (κ2) is 13.2. The second-order valence-corrected chi connectivity index (χ2v) is 6.31. The van der Waals surface area contributed by atoms with Crippen molar-refractivity contribution in [1.82, 2.24) is 10.2 Å². The van der Waals surface area contributed by atoms with Crippen molar-refractivity contribution in [3.05, 3.63) is 29.8 Å². The highest BCUT2D eigenvalue weighted by atomic mass is 32.1. The fraction of sp³-hybridized carbons (Fsp3) is 0.500. The van der Waals surface area contributed by atoms with E-state index in [9.17, 15) is 14.4 Å². The first-order valence-electron chi connectivity index (χ1n) is 8.80. The highest BCUT2D eigenvalue weighted by molar-refractivity contribution is 7.78. The lowest BCUT2D eigenvalue weighted by Crippen LogP contribution is -2.17. The third kappa shape index (κ3) is 10.0. The summed E-state index contributed by atoms with van der Waals surface area (Å²) >= 11 is 3.71. The van der Waals surface area contributed by atoms with Gasteiger partial charge in [-0.05, 0) is 43.4 Å². The lowest BCUT2D eigenvalue weighted by Gasteiger charge is -2.07. The Kier molecular flexibility index (Phi) is 11.1. The Labute approximate surface area is 159 Å². The number of carbonyl (C=O) groups excluding carboxylic acids is 3. The summed E-state index contributed by atoms with van der Waals surface area (Å²) in [6.45, 7) is 0. The summed E-state index contributed by atoms with van der Waals surface area (Å²) in [6.07, 6.45) is 5.89. The summed E-state index contributed by atoms with van der Waals surface area (Å²) in [5.74, 6) is -0.499. The molecule has 0 unspecified atom stereocenters. The number of unbranched alkanes of at least 4 members (excludes halogenated alkanes) is 3. The van der Waals surface area contributed by atoms with Crippen LogP contribution in [-0.4, -0.2) is 22.9 Å².